The van der Waals surface area contributed by atoms with Gasteiger partial charge in [-0.2, -0.15) is 5.26 Å². The van der Waals surface area contributed by atoms with Crippen LogP contribution in [0.3, 0.4) is 0 Å². The second-order valence-corrected chi connectivity index (χ2v) is 3.54. The number of nitro groups is 1. The Kier molecular flexibility index (Phi) is 3.72. The number of nitriles is 1. The summed E-state index contributed by atoms with van der Waals surface area (Å²) in [5.74, 6) is 0.431. The topological polar surface area (TPSA) is 111 Å². The second-order valence-electron chi connectivity index (χ2n) is 3.54. The highest BCUT2D eigenvalue weighted by Crippen LogP contribution is 2.33. The third-order valence-electron chi connectivity index (χ3n) is 2.32. The summed E-state index contributed by atoms with van der Waals surface area (Å²) in [4.78, 5) is 17.9. The van der Waals surface area contributed by atoms with Gasteiger partial charge in [-0.3, -0.25) is 10.1 Å². The Balaban J connectivity index is 2.35. The van der Waals surface area contributed by atoms with Crippen molar-refractivity contribution in [2.75, 3.05) is 7.11 Å². The molecule has 100 valence electrons. The summed E-state index contributed by atoms with van der Waals surface area (Å²) >= 11 is 0. The Morgan fingerprint density at radius 1 is 1.35 bits per heavy atom. The summed E-state index contributed by atoms with van der Waals surface area (Å²) < 4.78 is 10.3. The van der Waals surface area contributed by atoms with Crippen LogP contribution in [-0.4, -0.2) is 22.0 Å². The molecule has 0 spiro atoms. The van der Waals surface area contributed by atoms with Crippen LogP contribution in [-0.2, 0) is 0 Å². The number of hydrogen-bond donors (Lipinski definition) is 0. The van der Waals surface area contributed by atoms with Crippen LogP contribution in [0.15, 0.2) is 30.6 Å². The van der Waals surface area contributed by atoms with Crippen LogP contribution in [0.25, 0.3) is 0 Å². The van der Waals surface area contributed by atoms with E-state index in [1.807, 2.05) is 6.07 Å². The third-order valence-corrected chi connectivity index (χ3v) is 2.32. The van der Waals surface area contributed by atoms with Crippen LogP contribution in [0.1, 0.15) is 5.69 Å². The zero-order valence-corrected chi connectivity index (χ0v) is 10.3. The van der Waals surface area contributed by atoms with Gasteiger partial charge >= 0.3 is 5.69 Å². The average Bonchev–Trinajstić information content (AvgIpc) is 2.47. The molecule has 0 amide bonds. The maximum Gasteiger partial charge on any atom is 0.311 e. The molecule has 0 aliphatic carbocycles. The second kappa shape index (κ2) is 5.62. The van der Waals surface area contributed by atoms with Gasteiger partial charge < -0.3 is 9.47 Å². The predicted molar refractivity (Wildman–Crippen MR) is 66.5 cm³/mol. The summed E-state index contributed by atoms with van der Waals surface area (Å²) in [7, 11) is 1.44. The van der Waals surface area contributed by atoms with E-state index in [0.29, 0.717) is 5.75 Å². The van der Waals surface area contributed by atoms with Crippen LogP contribution in [0.2, 0.25) is 0 Å². The number of ether oxygens (including phenoxy) is 2. The van der Waals surface area contributed by atoms with Crippen LogP contribution < -0.4 is 9.47 Å². The highest BCUT2D eigenvalue weighted by atomic mass is 16.6. The summed E-state index contributed by atoms with van der Waals surface area (Å²) in [6.07, 6.45) is 2.42. The fraction of sp³-hybridized carbons (Fsp3) is 0.0833. The standard InChI is InChI=1S/C12H8N4O4/c1-19-9-2-3-10(16(17)18)11(4-9)20-12-7-14-8(5-13)6-15-12/h2-4,6-7H,1H3. The molecule has 0 aliphatic rings. The van der Waals surface area contributed by atoms with Gasteiger partial charge in [0.15, 0.2) is 5.69 Å². The smallest absolute Gasteiger partial charge is 0.311 e. The lowest BCUT2D eigenvalue weighted by Crippen LogP contribution is -1.96. The lowest BCUT2D eigenvalue weighted by molar-refractivity contribution is -0.385. The Hall–Kier alpha value is -3.21. The van der Waals surface area contributed by atoms with Gasteiger partial charge in [0.25, 0.3) is 0 Å². The van der Waals surface area contributed by atoms with Crippen molar-refractivity contribution in [3.63, 3.8) is 0 Å². The van der Waals surface area contributed by atoms with Crippen LogP contribution in [0.5, 0.6) is 17.4 Å². The van der Waals surface area contributed by atoms with E-state index in [1.54, 1.807) is 0 Å². The van der Waals surface area contributed by atoms with Crippen molar-refractivity contribution in [2.45, 2.75) is 0 Å². The average molecular weight is 272 g/mol. The van der Waals surface area contributed by atoms with Crippen molar-refractivity contribution in [3.05, 3.63) is 46.4 Å². The Morgan fingerprint density at radius 2 is 2.15 bits per heavy atom. The molecule has 0 aliphatic heterocycles. The molecule has 2 aromatic rings. The molecule has 0 bridgehead atoms. The molecule has 8 heteroatoms. The van der Waals surface area contributed by atoms with Gasteiger partial charge in [-0.25, -0.2) is 9.97 Å². The SMILES string of the molecule is COc1ccc([N+](=O)[O-])c(Oc2cnc(C#N)cn2)c1. The van der Waals surface area contributed by atoms with E-state index in [9.17, 15) is 10.1 Å². The van der Waals surface area contributed by atoms with E-state index in [0.717, 1.165) is 0 Å². The fourth-order valence-corrected chi connectivity index (χ4v) is 1.39. The van der Waals surface area contributed by atoms with E-state index in [4.69, 9.17) is 14.7 Å². The minimum absolute atomic E-state index is 0.0200. The van der Waals surface area contributed by atoms with Crippen molar-refractivity contribution in [1.29, 1.82) is 5.26 Å². The lowest BCUT2D eigenvalue weighted by Gasteiger charge is -2.06. The number of rotatable bonds is 4. The molecule has 0 saturated carbocycles. The van der Waals surface area contributed by atoms with Gasteiger partial charge in [-0.05, 0) is 6.07 Å². The van der Waals surface area contributed by atoms with Gasteiger partial charge in [-0.1, -0.05) is 0 Å². The quantitative estimate of drug-likeness (QED) is 0.618. The van der Waals surface area contributed by atoms with E-state index in [-0.39, 0.29) is 23.0 Å². The van der Waals surface area contributed by atoms with Crippen molar-refractivity contribution in [3.8, 4) is 23.4 Å². The minimum atomic E-state index is -0.578. The first-order valence-electron chi connectivity index (χ1n) is 5.36. The largest absolute Gasteiger partial charge is 0.497 e. The Morgan fingerprint density at radius 3 is 2.70 bits per heavy atom. The van der Waals surface area contributed by atoms with Crippen LogP contribution in [0, 0.1) is 21.4 Å². The van der Waals surface area contributed by atoms with Gasteiger partial charge in [0.05, 0.1) is 24.4 Å². The van der Waals surface area contributed by atoms with Gasteiger partial charge in [-0.15, -0.1) is 0 Å². The fourth-order valence-electron chi connectivity index (χ4n) is 1.39. The van der Waals surface area contributed by atoms with Crippen LogP contribution in [0.4, 0.5) is 5.69 Å². The molecule has 1 aromatic carbocycles. The zero-order valence-electron chi connectivity index (χ0n) is 10.3. The molecule has 20 heavy (non-hydrogen) atoms. The maximum absolute atomic E-state index is 10.9. The van der Waals surface area contributed by atoms with Crippen molar-refractivity contribution < 1.29 is 14.4 Å². The van der Waals surface area contributed by atoms with Gasteiger partial charge in [0, 0.05) is 12.1 Å². The minimum Gasteiger partial charge on any atom is -0.497 e. The number of nitro benzene ring substituents is 1. The molecule has 1 aromatic heterocycles. The number of nitrogens with zero attached hydrogens (tertiary/aromatic N) is 4. The molecule has 2 rings (SSSR count). The van der Waals surface area contributed by atoms with Crippen molar-refractivity contribution in [2.24, 2.45) is 0 Å². The molecule has 8 nitrogen and oxygen atoms in total. The number of aromatic nitrogens is 2. The summed E-state index contributed by atoms with van der Waals surface area (Å²) in [6, 6.07) is 5.90. The lowest BCUT2D eigenvalue weighted by atomic mass is 10.3. The summed E-state index contributed by atoms with van der Waals surface area (Å²) in [5, 5.41) is 19.5. The molecular weight excluding hydrogens is 264 g/mol. The number of hydrogen-bond acceptors (Lipinski definition) is 7. The summed E-state index contributed by atoms with van der Waals surface area (Å²) in [5.41, 5.74) is -0.102. The molecule has 0 N–H and O–H groups in total. The molecular formula is C12H8N4O4. The first kappa shape index (κ1) is 13.2. The molecule has 0 saturated heterocycles. The van der Waals surface area contributed by atoms with Crippen molar-refractivity contribution in [1.82, 2.24) is 9.97 Å². The number of methoxy groups -OCH3 is 1. The van der Waals surface area contributed by atoms with Crippen LogP contribution >= 0.6 is 0 Å². The van der Waals surface area contributed by atoms with E-state index < -0.39 is 4.92 Å². The first-order valence-corrected chi connectivity index (χ1v) is 5.36. The Labute approximate surface area is 113 Å². The zero-order chi connectivity index (χ0) is 14.5. The Bertz CT molecular complexity index is 679. The normalized spacial score (nSPS) is 9.60. The molecule has 0 unspecified atom stereocenters. The molecule has 0 atom stereocenters. The first-order chi connectivity index (χ1) is 9.63. The highest BCUT2D eigenvalue weighted by molar-refractivity contribution is 5.51. The molecule has 0 radical (unpaired) electrons. The molecule has 1 heterocycles. The van der Waals surface area contributed by atoms with Gasteiger partial charge in [0.1, 0.15) is 11.8 Å². The van der Waals surface area contributed by atoms with E-state index >= 15 is 0 Å². The highest BCUT2D eigenvalue weighted by Gasteiger charge is 2.17. The number of benzene rings is 1. The molecule has 0 fully saturated rings. The maximum atomic E-state index is 10.9. The van der Waals surface area contributed by atoms with E-state index in [2.05, 4.69) is 9.97 Å². The monoisotopic (exact) mass is 272 g/mol. The van der Waals surface area contributed by atoms with Gasteiger partial charge in [0.2, 0.25) is 11.6 Å². The third kappa shape index (κ3) is 2.78. The van der Waals surface area contributed by atoms with Crippen molar-refractivity contribution >= 4 is 5.69 Å². The summed E-state index contributed by atoms with van der Waals surface area (Å²) in [6.45, 7) is 0. The predicted octanol–water partition coefficient (Wildman–Crippen LogP) is 2.06. The van der Waals surface area contributed by atoms with E-state index in [1.165, 1.54) is 37.7 Å².